The second-order valence-corrected chi connectivity index (χ2v) is 5.35. The fraction of sp³-hybridized carbons (Fsp3) is 0.733. The fourth-order valence-electron chi connectivity index (χ4n) is 2.73. The van der Waals surface area contributed by atoms with Crippen molar-refractivity contribution in [2.75, 3.05) is 32.9 Å². The summed E-state index contributed by atoms with van der Waals surface area (Å²) in [5.41, 5.74) is 1.02. The van der Waals surface area contributed by atoms with Crippen LogP contribution < -0.4 is 0 Å². The molecule has 0 saturated carbocycles. The van der Waals surface area contributed by atoms with Crippen molar-refractivity contribution in [3.63, 3.8) is 0 Å². The second kappa shape index (κ2) is 8.14. The largest absolute Gasteiger partial charge is 0.394 e. The van der Waals surface area contributed by atoms with Crippen LogP contribution in [-0.2, 0) is 16.1 Å². The van der Waals surface area contributed by atoms with Gasteiger partial charge in [-0.25, -0.2) is 0 Å². The van der Waals surface area contributed by atoms with Crippen molar-refractivity contribution in [1.82, 2.24) is 14.7 Å². The van der Waals surface area contributed by atoms with Crippen LogP contribution in [0.4, 0.5) is 0 Å². The van der Waals surface area contributed by atoms with Crippen molar-refractivity contribution in [2.24, 2.45) is 0 Å². The summed E-state index contributed by atoms with van der Waals surface area (Å²) in [5, 5.41) is 13.4. The molecule has 0 aliphatic carbocycles. The summed E-state index contributed by atoms with van der Waals surface area (Å²) in [6.45, 7) is 5.27. The molecule has 6 nitrogen and oxygen atoms in total. The molecule has 1 aliphatic rings. The molecule has 1 fully saturated rings. The van der Waals surface area contributed by atoms with E-state index in [-0.39, 0.29) is 12.5 Å². The van der Waals surface area contributed by atoms with E-state index in [0.29, 0.717) is 32.1 Å². The first-order valence-electron chi connectivity index (χ1n) is 7.74. The summed E-state index contributed by atoms with van der Waals surface area (Å²) in [4.78, 5) is 14.1. The van der Waals surface area contributed by atoms with Crippen molar-refractivity contribution < 1.29 is 14.6 Å². The number of piperidine rings is 1. The van der Waals surface area contributed by atoms with Crippen LogP contribution in [0.15, 0.2) is 12.3 Å². The molecular weight excluding hydrogens is 270 g/mol. The summed E-state index contributed by atoms with van der Waals surface area (Å²) in [5.74, 6) is 0.470. The minimum atomic E-state index is 0.0911. The number of carbonyl (C=O) groups is 1. The minimum Gasteiger partial charge on any atom is -0.394 e. The van der Waals surface area contributed by atoms with Gasteiger partial charge in [0.1, 0.15) is 0 Å². The van der Waals surface area contributed by atoms with Crippen molar-refractivity contribution in [3.05, 3.63) is 18.0 Å². The lowest BCUT2D eigenvalue weighted by atomic mass is 9.95. The topological polar surface area (TPSA) is 67.6 Å². The number of aromatic nitrogens is 2. The minimum absolute atomic E-state index is 0.0911. The highest BCUT2D eigenvalue weighted by Gasteiger charge is 2.25. The number of aliphatic hydroxyl groups excluding tert-OH is 1. The lowest BCUT2D eigenvalue weighted by molar-refractivity contribution is -0.133. The molecule has 0 aromatic carbocycles. The van der Waals surface area contributed by atoms with Gasteiger partial charge in [0.05, 0.1) is 31.9 Å². The molecule has 2 rings (SSSR count). The molecule has 0 bridgehead atoms. The van der Waals surface area contributed by atoms with Gasteiger partial charge in [-0.2, -0.15) is 5.10 Å². The number of carbonyl (C=O) groups excluding carboxylic acids is 1. The lowest BCUT2D eigenvalue weighted by Gasteiger charge is -2.32. The van der Waals surface area contributed by atoms with Crippen LogP contribution in [0.5, 0.6) is 0 Å². The van der Waals surface area contributed by atoms with Gasteiger partial charge in [-0.05, 0) is 25.8 Å². The smallest absolute Gasteiger partial charge is 0.224 e. The van der Waals surface area contributed by atoms with Crippen molar-refractivity contribution in [3.8, 4) is 0 Å². The Morgan fingerprint density at radius 3 is 3.19 bits per heavy atom. The molecule has 1 aromatic heterocycles. The highest BCUT2D eigenvalue weighted by atomic mass is 16.5. The molecule has 1 aromatic rings. The van der Waals surface area contributed by atoms with E-state index in [2.05, 4.69) is 5.10 Å². The van der Waals surface area contributed by atoms with Gasteiger partial charge in [-0.1, -0.05) is 0 Å². The van der Waals surface area contributed by atoms with E-state index in [0.717, 1.165) is 31.6 Å². The Kier molecular flexibility index (Phi) is 6.20. The van der Waals surface area contributed by atoms with E-state index in [1.807, 2.05) is 24.1 Å². The van der Waals surface area contributed by atoms with Gasteiger partial charge in [0, 0.05) is 31.8 Å². The zero-order valence-electron chi connectivity index (χ0n) is 12.7. The van der Waals surface area contributed by atoms with Crippen molar-refractivity contribution >= 4 is 5.91 Å². The first-order valence-corrected chi connectivity index (χ1v) is 7.74. The SMILES string of the molecule is CCOCCC(=O)N1CCCC(c2ccn(CCO)n2)C1. The molecular formula is C15H25N3O3. The van der Waals surface area contributed by atoms with Gasteiger partial charge in [-0.3, -0.25) is 9.48 Å². The molecule has 118 valence electrons. The van der Waals surface area contributed by atoms with Gasteiger partial charge < -0.3 is 14.7 Å². The van der Waals surface area contributed by atoms with Crippen LogP contribution in [-0.4, -0.2) is 58.6 Å². The molecule has 0 radical (unpaired) electrons. The average Bonchev–Trinajstić information content (AvgIpc) is 2.97. The Morgan fingerprint density at radius 1 is 1.57 bits per heavy atom. The molecule has 1 unspecified atom stereocenters. The Morgan fingerprint density at radius 2 is 2.43 bits per heavy atom. The summed E-state index contributed by atoms with van der Waals surface area (Å²) in [6, 6.07) is 1.99. The summed E-state index contributed by atoms with van der Waals surface area (Å²) >= 11 is 0. The van der Waals surface area contributed by atoms with E-state index < -0.39 is 0 Å². The van der Waals surface area contributed by atoms with Gasteiger partial charge >= 0.3 is 0 Å². The van der Waals surface area contributed by atoms with Crippen LogP contribution in [0, 0.1) is 0 Å². The van der Waals surface area contributed by atoms with Crippen LogP contribution >= 0.6 is 0 Å². The number of amides is 1. The maximum absolute atomic E-state index is 12.1. The third-order valence-electron chi connectivity index (χ3n) is 3.85. The highest BCUT2D eigenvalue weighted by Crippen LogP contribution is 2.25. The van der Waals surface area contributed by atoms with Crippen LogP contribution in [0.25, 0.3) is 0 Å². The Hall–Kier alpha value is -1.40. The van der Waals surface area contributed by atoms with E-state index in [1.54, 1.807) is 4.68 Å². The number of likely N-dealkylation sites (tertiary alicyclic amines) is 1. The zero-order chi connectivity index (χ0) is 15.1. The fourth-order valence-corrected chi connectivity index (χ4v) is 2.73. The first kappa shape index (κ1) is 16.0. The highest BCUT2D eigenvalue weighted by molar-refractivity contribution is 5.76. The summed E-state index contributed by atoms with van der Waals surface area (Å²) in [7, 11) is 0. The predicted octanol–water partition coefficient (Wildman–Crippen LogP) is 1.01. The number of nitrogens with zero attached hydrogens (tertiary/aromatic N) is 3. The maximum Gasteiger partial charge on any atom is 0.224 e. The second-order valence-electron chi connectivity index (χ2n) is 5.35. The monoisotopic (exact) mass is 295 g/mol. The zero-order valence-corrected chi connectivity index (χ0v) is 12.7. The van der Waals surface area contributed by atoms with Crippen LogP contribution in [0.1, 0.15) is 37.8 Å². The van der Waals surface area contributed by atoms with Crippen LogP contribution in [0.2, 0.25) is 0 Å². The number of hydrogen-bond acceptors (Lipinski definition) is 4. The Balaban J connectivity index is 1.88. The van der Waals surface area contributed by atoms with Gasteiger partial charge in [0.25, 0.3) is 0 Å². The van der Waals surface area contributed by atoms with Crippen LogP contribution in [0.3, 0.4) is 0 Å². The maximum atomic E-state index is 12.1. The third kappa shape index (κ3) is 4.54. The molecule has 2 heterocycles. The third-order valence-corrected chi connectivity index (χ3v) is 3.85. The van der Waals surface area contributed by atoms with Gasteiger partial charge in [-0.15, -0.1) is 0 Å². The van der Waals surface area contributed by atoms with E-state index in [1.165, 1.54) is 0 Å². The number of hydrogen-bond donors (Lipinski definition) is 1. The number of ether oxygens (including phenoxy) is 1. The van der Waals surface area contributed by atoms with E-state index in [4.69, 9.17) is 9.84 Å². The molecule has 1 aliphatic heterocycles. The molecule has 1 atom stereocenters. The van der Waals surface area contributed by atoms with Crippen molar-refractivity contribution in [1.29, 1.82) is 0 Å². The quantitative estimate of drug-likeness (QED) is 0.762. The number of aliphatic hydroxyl groups is 1. The summed E-state index contributed by atoms with van der Waals surface area (Å²) < 4.78 is 7.00. The molecule has 6 heteroatoms. The van der Waals surface area contributed by atoms with Gasteiger partial charge in [0.2, 0.25) is 5.91 Å². The Labute approximate surface area is 125 Å². The predicted molar refractivity (Wildman–Crippen MR) is 79.0 cm³/mol. The molecule has 1 amide bonds. The lowest BCUT2D eigenvalue weighted by Crippen LogP contribution is -2.39. The van der Waals surface area contributed by atoms with Gasteiger partial charge in [0.15, 0.2) is 0 Å². The average molecular weight is 295 g/mol. The normalized spacial score (nSPS) is 19.0. The number of rotatable bonds is 7. The first-order chi connectivity index (χ1) is 10.2. The van der Waals surface area contributed by atoms with E-state index in [9.17, 15) is 4.79 Å². The standard InChI is InChI=1S/C15H25N3O3/c1-2-21-11-6-15(20)17-7-3-4-13(12-17)14-5-8-18(16-14)9-10-19/h5,8,13,19H,2-4,6-7,9-12H2,1H3. The molecule has 1 saturated heterocycles. The van der Waals surface area contributed by atoms with Crippen molar-refractivity contribution in [2.45, 2.75) is 38.6 Å². The molecule has 21 heavy (non-hydrogen) atoms. The van der Waals surface area contributed by atoms with E-state index >= 15 is 0 Å². The summed E-state index contributed by atoms with van der Waals surface area (Å²) in [6.07, 6.45) is 4.42. The Bertz CT molecular complexity index is 447. The molecule has 1 N–H and O–H groups in total. The molecule has 0 spiro atoms.